The van der Waals surface area contributed by atoms with Crippen molar-refractivity contribution >= 4 is 5.97 Å². The van der Waals surface area contributed by atoms with Gasteiger partial charge in [0.15, 0.2) is 5.76 Å². The fourth-order valence-electron chi connectivity index (χ4n) is 3.53. The summed E-state index contributed by atoms with van der Waals surface area (Å²) in [5, 5.41) is 13.1. The van der Waals surface area contributed by atoms with Gasteiger partial charge in [0.2, 0.25) is 0 Å². The van der Waals surface area contributed by atoms with Crippen LogP contribution in [0.5, 0.6) is 0 Å². The molecule has 0 radical (unpaired) electrons. The van der Waals surface area contributed by atoms with Gasteiger partial charge in [0.05, 0.1) is 12.7 Å². The zero-order valence-electron chi connectivity index (χ0n) is 10.3. The minimum atomic E-state index is -0.705. The summed E-state index contributed by atoms with van der Waals surface area (Å²) in [6.45, 7) is 0.568. The third-order valence-corrected chi connectivity index (χ3v) is 4.34. The van der Waals surface area contributed by atoms with Crippen molar-refractivity contribution < 1.29 is 14.4 Å². The molecule has 18 heavy (non-hydrogen) atoms. The first-order valence-corrected chi connectivity index (χ1v) is 6.64. The average molecular weight is 250 g/mol. The van der Waals surface area contributed by atoms with E-state index >= 15 is 0 Å². The van der Waals surface area contributed by atoms with E-state index in [4.69, 9.17) is 4.52 Å². The van der Waals surface area contributed by atoms with Crippen molar-refractivity contribution in [1.82, 2.24) is 10.1 Å². The van der Waals surface area contributed by atoms with Gasteiger partial charge in [-0.15, -0.1) is 0 Å². The summed E-state index contributed by atoms with van der Waals surface area (Å²) in [5.74, 6) is 0.596. The second-order valence-corrected chi connectivity index (χ2v) is 5.35. The molecule has 0 bridgehead atoms. The summed E-state index contributed by atoms with van der Waals surface area (Å²) in [6.07, 6.45) is 7.13. The zero-order valence-corrected chi connectivity index (χ0v) is 10.3. The Morgan fingerprint density at radius 2 is 2.33 bits per heavy atom. The predicted molar refractivity (Wildman–Crippen MR) is 63.8 cm³/mol. The van der Waals surface area contributed by atoms with Crippen molar-refractivity contribution in [2.75, 3.05) is 0 Å². The molecule has 0 aromatic carbocycles. The fourth-order valence-corrected chi connectivity index (χ4v) is 3.53. The number of nitrogens with zero attached hydrogens (tertiary/aromatic N) is 2. The molecule has 5 heteroatoms. The van der Waals surface area contributed by atoms with E-state index in [1.165, 1.54) is 19.3 Å². The second-order valence-electron chi connectivity index (χ2n) is 5.35. The highest BCUT2D eigenvalue weighted by molar-refractivity contribution is 5.74. The quantitative estimate of drug-likeness (QED) is 0.887. The third kappa shape index (κ3) is 2.03. The van der Waals surface area contributed by atoms with Crippen LogP contribution < -0.4 is 0 Å². The van der Waals surface area contributed by atoms with Crippen molar-refractivity contribution in [2.45, 2.75) is 50.7 Å². The van der Waals surface area contributed by atoms with Gasteiger partial charge in [0.25, 0.3) is 0 Å². The first-order valence-electron chi connectivity index (χ1n) is 6.64. The van der Waals surface area contributed by atoms with Crippen molar-refractivity contribution in [1.29, 1.82) is 0 Å². The molecule has 2 aliphatic rings. The van der Waals surface area contributed by atoms with E-state index < -0.39 is 5.97 Å². The summed E-state index contributed by atoms with van der Waals surface area (Å²) >= 11 is 0. The Morgan fingerprint density at radius 1 is 1.50 bits per heavy atom. The molecule has 0 unspecified atom stereocenters. The van der Waals surface area contributed by atoms with E-state index in [2.05, 4.69) is 10.1 Å². The van der Waals surface area contributed by atoms with Gasteiger partial charge in [0, 0.05) is 12.1 Å². The molecule has 0 amide bonds. The van der Waals surface area contributed by atoms with Gasteiger partial charge in [0.1, 0.15) is 6.04 Å². The highest BCUT2D eigenvalue weighted by atomic mass is 16.5. The van der Waals surface area contributed by atoms with E-state index in [-0.39, 0.29) is 6.04 Å². The zero-order chi connectivity index (χ0) is 12.5. The molecule has 1 aromatic rings. The molecule has 1 aliphatic heterocycles. The molecule has 3 atom stereocenters. The Bertz CT molecular complexity index is 418. The molecule has 0 spiro atoms. The summed E-state index contributed by atoms with van der Waals surface area (Å²) in [7, 11) is 0. The van der Waals surface area contributed by atoms with Gasteiger partial charge in [-0.3, -0.25) is 9.69 Å². The van der Waals surface area contributed by atoms with Gasteiger partial charge in [-0.05, 0) is 25.2 Å². The largest absolute Gasteiger partial charge is 0.480 e. The number of carbonyl (C=O) groups is 1. The predicted octanol–water partition coefficient (Wildman–Crippen LogP) is 1.89. The first-order chi connectivity index (χ1) is 8.75. The Labute approximate surface area is 106 Å². The van der Waals surface area contributed by atoms with Gasteiger partial charge in [-0.25, -0.2) is 0 Å². The maximum absolute atomic E-state index is 11.4. The molecule has 2 heterocycles. The Kier molecular flexibility index (Phi) is 3.07. The topological polar surface area (TPSA) is 66.6 Å². The normalized spacial score (nSPS) is 32.3. The van der Waals surface area contributed by atoms with E-state index in [0.29, 0.717) is 18.5 Å². The standard InChI is InChI=1S/C13H18N2O3/c16-13(17)12-7-9-3-1-2-4-11(9)15(12)8-10-5-6-14-18-10/h5-6,9,11-12H,1-4,7-8H2,(H,16,17)/t9-,11+,12-/m0/s1. The number of aliphatic carboxylic acids is 1. The monoisotopic (exact) mass is 250 g/mol. The first kappa shape index (κ1) is 11.7. The number of hydrogen-bond acceptors (Lipinski definition) is 4. The molecule has 2 fully saturated rings. The fraction of sp³-hybridized carbons (Fsp3) is 0.692. The number of carboxylic acids is 1. The molecule has 1 N–H and O–H groups in total. The Balaban J connectivity index is 1.80. The minimum Gasteiger partial charge on any atom is -0.480 e. The highest BCUT2D eigenvalue weighted by Crippen LogP contribution is 2.40. The van der Waals surface area contributed by atoms with Crippen LogP contribution in [0.25, 0.3) is 0 Å². The van der Waals surface area contributed by atoms with Crippen LogP contribution in [0.3, 0.4) is 0 Å². The molecular weight excluding hydrogens is 232 g/mol. The van der Waals surface area contributed by atoms with E-state index in [1.54, 1.807) is 6.20 Å². The number of carboxylic acid groups (broad SMARTS) is 1. The number of fused-ring (bicyclic) bond motifs is 1. The maximum atomic E-state index is 11.4. The molecule has 1 aromatic heterocycles. The Morgan fingerprint density at radius 3 is 3.06 bits per heavy atom. The Hall–Kier alpha value is -1.36. The summed E-state index contributed by atoms with van der Waals surface area (Å²) in [6, 6.07) is 1.86. The van der Waals surface area contributed by atoms with Crippen LogP contribution in [0, 0.1) is 5.92 Å². The van der Waals surface area contributed by atoms with E-state index in [0.717, 1.165) is 18.6 Å². The van der Waals surface area contributed by atoms with Crippen LogP contribution >= 0.6 is 0 Å². The summed E-state index contributed by atoms with van der Waals surface area (Å²) < 4.78 is 5.12. The SMILES string of the molecule is O=C(O)[C@@H]1C[C@@H]2CCCC[C@H]2N1Cc1ccno1. The lowest BCUT2D eigenvalue weighted by Crippen LogP contribution is -2.41. The van der Waals surface area contributed by atoms with Gasteiger partial charge < -0.3 is 9.63 Å². The highest BCUT2D eigenvalue weighted by Gasteiger charge is 2.45. The molecule has 1 aliphatic carbocycles. The summed E-state index contributed by atoms with van der Waals surface area (Å²) in [4.78, 5) is 13.5. The number of likely N-dealkylation sites (tertiary alicyclic amines) is 1. The van der Waals surface area contributed by atoms with Crippen LogP contribution in [-0.2, 0) is 11.3 Å². The van der Waals surface area contributed by atoms with E-state index in [9.17, 15) is 9.90 Å². The molecule has 1 saturated heterocycles. The van der Waals surface area contributed by atoms with Crippen molar-refractivity contribution in [3.8, 4) is 0 Å². The lowest BCUT2D eigenvalue weighted by atomic mass is 9.85. The lowest BCUT2D eigenvalue weighted by molar-refractivity contribution is -0.143. The van der Waals surface area contributed by atoms with Gasteiger partial charge >= 0.3 is 5.97 Å². The molecule has 98 valence electrons. The number of hydrogen-bond donors (Lipinski definition) is 1. The third-order valence-electron chi connectivity index (χ3n) is 4.34. The smallest absolute Gasteiger partial charge is 0.320 e. The van der Waals surface area contributed by atoms with Crippen LogP contribution in [0.2, 0.25) is 0 Å². The van der Waals surface area contributed by atoms with Crippen LogP contribution in [0.15, 0.2) is 16.8 Å². The molecule has 1 saturated carbocycles. The molecule has 5 nitrogen and oxygen atoms in total. The number of rotatable bonds is 3. The van der Waals surface area contributed by atoms with Gasteiger partial charge in [-0.2, -0.15) is 0 Å². The van der Waals surface area contributed by atoms with Crippen molar-refractivity contribution in [3.63, 3.8) is 0 Å². The second kappa shape index (κ2) is 4.72. The lowest BCUT2D eigenvalue weighted by Gasteiger charge is -2.32. The van der Waals surface area contributed by atoms with Crippen LogP contribution in [0.1, 0.15) is 37.9 Å². The summed E-state index contributed by atoms with van der Waals surface area (Å²) in [5.41, 5.74) is 0. The number of aromatic nitrogens is 1. The van der Waals surface area contributed by atoms with E-state index in [1.807, 2.05) is 6.07 Å². The van der Waals surface area contributed by atoms with Crippen molar-refractivity contribution in [3.05, 3.63) is 18.0 Å². The van der Waals surface area contributed by atoms with Crippen LogP contribution in [-0.4, -0.2) is 33.2 Å². The maximum Gasteiger partial charge on any atom is 0.320 e. The average Bonchev–Trinajstić information content (AvgIpc) is 2.98. The molecule has 3 rings (SSSR count). The minimum absolute atomic E-state index is 0.358. The van der Waals surface area contributed by atoms with Crippen molar-refractivity contribution in [2.24, 2.45) is 5.92 Å². The molecular formula is C13H18N2O3. The van der Waals surface area contributed by atoms with Gasteiger partial charge in [-0.1, -0.05) is 18.0 Å². The van der Waals surface area contributed by atoms with Crippen LogP contribution in [0.4, 0.5) is 0 Å².